The number of hydrogen-bond donors (Lipinski definition) is 0. The molecule has 5 heteroatoms. The number of amides is 1. The molecule has 0 aromatic heterocycles. The van der Waals surface area contributed by atoms with E-state index in [0.29, 0.717) is 5.54 Å². The first kappa shape index (κ1) is 17.4. The second-order valence-electron chi connectivity index (χ2n) is 6.52. The Morgan fingerprint density at radius 3 is 2.10 bits per heavy atom. The first-order chi connectivity index (χ1) is 9.43. The van der Waals surface area contributed by atoms with Crippen LogP contribution in [0.5, 0.6) is 0 Å². The minimum absolute atomic E-state index is 0.335. The largest absolute Gasteiger partial charge is 0.345 e. The van der Waals surface area contributed by atoms with Gasteiger partial charge in [-0.25, -0.2) is 0 Å². The van der Waals surface area contributed by atoms with Crippen molar-refractivity contribution in [2.45, 2.75) is 25.3 Å². The molecule has 0 N–H and O–H groups in total. The third kappa shape index (κ3) is 4.72. The lowest BCUT2D eigenvalue weighted by Crippen LogP contribution is -2.64. The van der Waals surface area contributed by atoms with Crippen molar-refractivity contribution in [1.82, 2.24) is 19.6 Å². The number of likely N-dealkylation sites (N-methyl/N-ethyl adjacent to an activating group) is 2. The van der Waals surface area contributed by atoms with Crippen LogP contribution in [0.3, 0.4) is 0 Å². The number of piperazine rings is 1. The number of nitrogens with zero attached hydrogens (tertiary/aromatic N) is 4. The fraction of sp³-hybridized carbons (Fsp3) is 0.933. The number of piperidine rings is 1. The van der Waals surface area contributed by atoms with Gasteiger partial charge in [-0.2, -0.15) is 0 Å². The van der Waals surface area contributed by atoms with E-state index in [-0.39, 0.29) is 0 Å². The molecule has 2 aliphatic rings. The molecule has 1 spiro atoms. The van der Waals surface area contributed by atoms with Gasteiger partial charge in [0.25, 0.3) is 0 Å². The van der Waals surface area contributed by atoms with E-state index in [1.165, 1.54) is 13.1 Å². The molecule has 2 heterocycles. The van der Waals surface area contributed by atoms with Crippen LogP contribution < -0.4 is 0 Å². The van der Waals surface area contributed by atoms with E-state index in [9.17, 15) is 4.79 Å². The highest BCUT2D eigenvalue weighted by Gasteiger charge is 2.41. The smallest absolute Gasteiger partial charge is 0.209 e. The zero-order valence-corrected chi connectivity index (χ0v) is 13.9. The SMILES string of the molecule is CCN1CCN(C)CC12CCN(C=O)CC2.CN(C)C. The molecule has 0 radical (unpaired) electrons. The van der Waals surface area contributed by atoms with Crippen LogP contribution in [0.15, 0.2) is 0 Å². The molecule has 2 aliphatic heterocycles. The standard InChI is InChI=1S/C12H23N3O.C3H9N/c1-3-15-9-8-13(2)10-12(15)4-6-14(11-16)7-5-12;1-4(2)3/h11H,3-10H2,1-2H3;1-3H3. The zero-order chi connectivity index (χ0) is 15.2. The van der Waals surface area contributed by atoms with E-state index in [1.54, 1.807) is 0 Å². The number of hydrogen-bond acceptors (Lipinski definition) is 4. The van der Waals surface area contributed by atoms with Crippen molar-refractivity contribution in [3.63, 3.8) is 0 Å². The van der Waals surface area contributed by atoms with Crippen LogP contribution in [0.2, 0.25) is 0 Å². The van der Waals surface area contributed by atoms with E-state index in [0.717, 1.165) is 45.4 Å². The summed E-state index contributed by atoms with van der Waals surface area (Å²) in [6, 6.07) is 0. The van der Waals surface area contributed by atoms with Crippen LogP contribution >= 0.6 is 0 Å². The average molecular weight is 284 g/mol. The molecule has 0 aromatic carbocycles. The molecule has 2 rings (SSSR count). The van der Waals surface area contributed by atoms with Gasteiger partial charge < -0.3 is 14.7 Å². The predicted octanol–water partition coefficient (Wildman–Crippen LogP) is 0.423. The topological polar surface area (TPSA) is 30.0 Å². The molecule has 0 aliphatic carbocycles. The van der Waals surface area contributed by atoms with E-state index in [2.05, 4.69) is 23.8 Å². The molecule has 118 valence electrons. The van der Waals surface area contributed by atoms with E-state index in [4.69, 9.17) is 0 Å². The second-order valence-corrected chi connectivity index (χ2v) is 6.52. The van der Waals surface area contributed by atoms with Crippen LogP contribution in [0, 0.1) is 0 Å². The fourth-order valence-corrected chi connectivity index (χ4v) is 3.22. The van der Waals surface area contributed by atoms with Crippen LogP contribution in [0.25, 0.3) is 0 Å². The van der Waals surface area contributed by atoms with Crippen LogP contribution in [-0.4, -0.2) is 99.0 Å². The summed E-state index contributed by atoms with van der Waals surface area (Å²) in [5.74, 6) is 0. The number of likely N-dealkylation sites (tertiary alicyclic amines) is 1. The maximum Gasteiger partial charge on any atom is 0.209 e. The molecule has 0 bridgehead atoms. The Bertz CT molecular complexity index is 285. The van der Waals surface area contributed by atoms with Crippen molar-refractivity contribution in [3.8, 4) is 0 Å². The number of carbonyl (C=O) groups is 1. The van der Waals surface area contributed by atoms with Gasteiger partial charge in [0.15, 0.2) is 0 Å². The Hall–Kier alpha value is -0.650. The molecule has 0 saturated carbocycles. The van der Waals surface area contributed by atoms with Crippen molar-refractivity contribution < 1.29 is 4.79 Å². The Labute approximate surface area is 124 Å². The monoisotopic (exact) mass is 284 g/mol. The maximum absolute atomic E-state index is 10.7. The average Bonchev–Trinajstić information content (AvgIpc) is 2.39. The minimum atomic E-state index is 0.335. The van der Waals surface area contributed by atoms with Gasteiger partial charge in [-0.05, 0) is 47.6 Å². The van der Waals surface area contributed by atoms with Gasteiger partial charge in [0, 0.05) is 38.3 Å². The predicted molar refractivity (Wildman–Crippen MR) is 84.0 cm³/mol. The van der Waals surface area contributed by atoms with Gasteiger partial charge in [-0.1, -0.05) is 6.92 Å². The summed E-state index contributed by atoms with van der Waals surface area (Å²) in [6.07, 6.45) is 3.25. The molecular weight excluding hydrogens is 252 g/mol. The highest BCUT2D eigenvalue weighted by molar-refractivity contribution is 5.47. The summed E-state index contributed by atoms with van der Waals surface area (Å²) in [4.78, 5) is 19.7. The maximum atomic E-state index is 10.7. The first-order valence-corrected chi connectivity index (χ1v) is 7.67. The van der Waals surface area contributed by atoms with E-state index >= 15 is 0 Å². The minimum Gasteiger partial charge on any atom is -0.345 e. The summed E-state index contributed by atoms with van der Waals surface area (Å²) in [7, 11) is 8.21. The molecule has 5 nitrogen and oxygen atoms in total. The summed E-state index contributed by atoms with van der Waals surface area (Å²) in [5.41, 5.74) is 0.335. The second kappa shape index (κ2) is 7.96. The lowest BCUT2D eigenvalue weighted by Gasteiger charge is -2.53. The van der Waals surface area contributed by atoms with E-state index < -0.39 is 0 Å². The van der Waals surface area contributed by atoms with Crippen molar-refractivity contribution in [3.05, 3.63) is 0 Å². The Kier molecular flexibility index (Phi) is 6.92. The molecule has 0 unspecified atom stereocenters. The molecule has 1 amide bonds. The summed E-state index contributed by atoms with van der Waals surface area (Å²) in [6.45, 7) is 8.74. The number of rotatable bonds is 2. The fourth-order valence-electron chi connectivity index (χ4n) is 3.22. The van der Waals surface area contributed by atoms with Gasteiger partial charge in [0.05, 0.1) is 0 Å². The Morgan fingerprint density at radius 2 is 1.65 bits per heavy atom. The van der Waals surface area contributed by atoms with Gasteiger partial charge in [-0.15, -0.1) is 0 Å². The van der Waals surface area contributed by atoms with Crippen molar-refractivity contribution in [2.24, 2.45) is 0 Å². The zero-order valence-electron chi connectivity index (χ0n) is 13.9. The summed E-state index contributed by atoms with van der Waals surface area (Å²) >= 11 is 0. The van der Waals surface area contributed by atoms with Crippen LogP contribution in [0.4, 0.5) is 0 Å². The molecule has 20 heavy (non-hydrogen) atoms. The van der Waals surface area contributed by atoms with Crippen LogP contribution in [-0.2, 0) is 4.79 Å². The summed E-state index contributed by atoms with van der Waals surface area (Å²) < 4.78 is 0. The molecule has 0 atom stereocenters. The van der Waals surface area contributed by atoms with Gasteiger partial charge >= 0.3 is 0 Å². The normalized spacial score (nSPS) is 23.6. The summed E-state index contributed by atoms with van der Waals surface area (Å²) in [5, 5.41) is 0. The van der Waals surface area contributed by atoms with Crippen molar-refractivity contribution >= 4 is 6.41 Å². The van der Waals surface area contributed by atoms with Gasteiger partial charge in [0.1, 0.15) is 0 Å². The van der Waals surface area contributed by atoms with Gasteiger partial charge in [0.2, 0.25) is 6.41 Å². The highest BCUT2D eigenvalue weighted by Crippen LogP contribution is 2.31. The molecule has 0 aromatic rings. The van der Waals surface area contributed by atoms with Crippen LogP contribution in [0.1, 0.15) is 19.8 Å². The van der Waals surface area contributed by atoms with Crippen molar-refractivity contribution in [2.75, 3.05) is 67.5 Å². The third-order valence-corrected chi connectivity index (χ3v) is 4.25. The Balaban J connectivity index is 0.000000444. The quantitative estimate of drug-likeness (QED) is 0.688. The number of carbonyl (C=O) groups excluding carboxylic acids is 1. The molecule has 2 fully saturated rings. The lowest BCUT2D eigenvalue weighted by atomic mass is 9.83. The first-order valence-electron chi connectivity index (χ1n) is 7.67. The third-order valence-electron chi connectivity index (χ3n) is 4.25. The van der Waals surface area contributed by atoms with Gasteiger partial charge in [-0.3, -0.25) is 9.69 Å². The molecular formula is C15H32N4O. The van der Waals surface area contributed by atoms with E-state index in [1.807, 2.05) is 30.9 Å². The lowest BCUT2D eigenvalue weighted by molar-refractivity contribution is -0.121. The molecule has 2 saturated heterocycles. The Morgan fingerprint density at radius 1 is 1.10 bits per heavy atom. The highest BCUT2D eigenvalue weighted by atomic mass is 16.1. The van der Waals surface area contributed by atoms with Crippen molar-refractivity contribution in [1.29, 1.82) is 0 Å².